The Hall–Kier alpha value is -3.19. The zero-order valence-electron chi connectivity index (χ0n) is 15.7. The Labute approximate surface area is 167 Å². The highest BCUT2D eigenvalue weighted by molar-refractivity contribution is 7.17. The van der Waals surface area contributed by atoms with Gasteiger partial charge in [0, 0.05) is 17.8 Å². The van der Waals surface area contributed by atoms with E-state index in [0.717, 1.165) is 10.6 Å². The van der Waals surface area contributed by atoms with Crippen LogP contribution >= 0.6 is 11.3 Å². The molecule has 0 saturated heterocycles. The van der Waals surface area contributed by atoms with Gasteiger partial charge in [0.25, 0.3) is 11.8 Å². The Kier molecular flexibility index (Phi) is 6.39. The van der Waals surface area contributed by atoms with E-state index in [9.17, 15) is 9.59 Å². The van der Waals surface area contributed by atoms with Crippen molar-refractivity contribution in [3.8, 4) is 16.3 Å². The van der Waals surface area contributed by atoms with E-state index >= 15 is 0 Å². The first kappa shape index (κ1) is 19.6. The number of nitrogens with one attached hydrogen (secondary N) is 2. The normalized spacial score (nSPS) is 10.4. The Balaban J connectivity index is 1.63. The fourth-order valence-electron chi connectivity index (χ4n) is 2.53. The molecule has 2 amide bonds. The van der Waals surface area contributed by atoms with Gasteiger partial charge in [-0.1, -0.05) is 30.3 Å². The summed E-state index contributed by atoms with van der Waals surface area (Å²) >= 11 is 1.37. The van der Waals surface area contributed by atoms with Gasteiger partial charge < -0.3 is 15.4 Å². The molecule has 6 nitrogen and oxygen atoms in total. The number of ether oxygens (including phenoxy) is 1. The number of rotatable bonds is 7. The molecule has 0 aliphatic heterocycles. The zero-order valence-corrected chi connectivity index (χ0v) is 16.5. The summed E-state index contributed by atoms with van der Waals surface area (Å²) in [5.74, 6) is 0.188. The highest BCUT2D eigenvalue weighted by atomic mass is 32.1. The molecule has 0 aliphatic carbocycles. The summed E-state index contributed by atoms with van der Waals surface area (Å²) in [5.41, 5.74) is 2.33. The van der Waals surface area contributed by atoms with Crippen molar-refractivity contribution >= 4 is 28.8 Å². The molecule has 1 aromatic heterocycles. The molecule has 3 aromatic rings. The van der Waals surface area contributed by atoms with Crippen molar-refractivity contribution in [2.24, 2.45) is 0 Å². The van der Waals surface area contributed by atoms with Crippen molar-refractivity contribution in [3.63, 3.8) is 0 Å². The molecule has 28 heavy (non-hydrogen) atoms. The summed E-state index contributed by atoms with van der Waals surface area (Å²) in [6.07, 6.45) is 0. The van der Waals surface area contributed by atoms with Crippen molar-refractivity contribution in [2.45, 2.75) is 13.8 Å². The number of likely N-dealkylation sites (N-methyl/N-ethyl adjacent to an activating group) is 1. The molecule has 0 bridgehead atoms. The molecule has 0 radical (unpaired) electrons. The first-order valence-electron chi connectivity index (χ1n) is 8.90. The lowest BCUT2D eigenvalue weighted by molar-refractivity contribution is -0.122. The summed E-state index contributed by atoms with van der Waals surface area (Å²) < 4.78 is 5.40. The van der Waals surface area contributed by atoms with Crippen LogP contribution in [0, 0.1) is 6.92 Å². The van der Waals surface area contributed by atoms with Gasteiger partial charge in [-0.15, -0.1) is 11.3 Å². The molecule has 0 atom stereocenters. The molecular formula is C21H21N3O3S. The second-order valence-electron chi connectivity index (χ2n) is 6.02. The lowest BCUT2D eigenvalue weighted by Crippen LogP contribution is -2.28. The predicted molar refractivity (Wildman–Crippen MR) is 111 cm³/mol. The molecule has 3 rings (SSSR count). The number of hydrogen-bond acceptors (Lipinski definition) is 5. The second kappa shape index (κ2) is 9.14. The fourth-order valence-corrected chi connectivity index (χ4v) is 3.50. The van der Waals surface area contributed by atoms with Gasteiger partial charge in [-0.3, -0.25) is 9.59 Å². The van der Waals surface area contributed by atoms with Crippen LogP contribution in [-0.4, -0.2) is 29.9 Å². The molecule has 0 saturated carbocycles. The van der Waals surface area contributed by atoms with Crippen molar-refractivity contribution < 1.29 is 14.3 Å². The maximum Gasteiger partial charge on any atom is 0.267 e. The molecule has 0 aliphatic rings. The Morgan fingerprint density at radius 3 is 2.46 bits per heavy atom. The van der Waals surface area contributed by atoms with E-state index in [-0.39, 0.29) is 18.4 Å². The minimum absolute atomic E-state index is 0.0398. The van der Waals surface area contributed by atoms with Crippen LogP contribution in [0.5, 0.6) is 5.75 Å². The minimum atomic E-state index is -0.201. The maximum absolute atomic E-state index is 12.6. The van der Waals surface area contributed by atoms with Gasteiger partial charge in [0.15, 0.2) is 6.61 Å². The number of hydrogen-bond donors (Lipinski definition) is 2. The van der Waals surface area contributed by atoms with Crippen LogP contribution in [-0.2, 0) is 4.79 Å². The van der Waals surface area contributed by atoms with Gasteiger partial charge in [-0.05, 0) is 38.1 Å². The molecule has 7 heteroatoms. The molecule has 1 heterocycles. The summed E-state index contributed by atoms with van der Waals surface area (Å²) in [5, 5.41) is 6.35. The van der Waals surface area contributed by atoms with E-state index in [4.69, 9.17) is 4.74 Å². The third-order valence-electron chi connectivity index (χ3n) is 3.88. The smallest absolute Gasteiger partial charge is 0.267 e. The average Bonchev–Trinajstić information content (AvgIpc) is 3.10. The van der Waals surface area contributed by atoms with Crippen LogP contribution < -0.4 is 15.4 Å². The van der Waals surface area contributed by atoms with Gasteiger partial charge in [0.2, 0.25) is 0 Å². The number of aromatic nitrogens is 1. The minimum Gasteiger partial charge on any atom is -0.484 e. The average molecular weight is 395 g/mol. The van der Waals surface area contributed by atoms with Crippen LogP contribution in [0.1, 0.15) is 22.3 Å². The van der Waals surface area contributed by atoms with E-state index in [2.05, 4.69) is 15.6 Å². The van der Waals surface area contributed by atoms with Crippen molar-refractivity contribution in [3.05, 3.63) is 65.2 Å². The lowest BCUT2D eigenvalue weighted by Gasteiger charge is -2.08. The first-order valence-corrected chi connectivity index (χ1v) is 9.72. The molecule has 144 valence electrons. The third kappa shape index (κ3) is 4.95. The number of thiazole rings is 1. The number of carbonyl (C=O) groups is 2. The van der Waals surface area contributed by atoms with Gasteiger partial charge in [0.05, 0.1) is 5.69 Å². The quantitative estimate of drug-likeness (QED) is 0.636. The van der Waals surface area contributed by atoms with Crippen LogP contribution in [0.25, 0.3) is 10.6 Å². The zero-order chi connectivity index (χ0) is 19.9. The van der Waals surface area contributed by atoms with E-state index in [1.54, 1.807) is 24.3 Å². The highest BCUT2D eigenvalue weighted by Crippen LogP contribution is 2.28. The fraction of sp³-hybridized carbons (Fsp3) is 0.190. The van der Waals surface area contributed by atoms with E-state index in [1.165, 1.54) is 11.3 Å². The monoisotopic (exact) mass is 395 g/mol. The topological polar surface area (TPSA) is 80.3 Å². The highest BCUT2D eigenvalue weighted by Gasteiger charge is 2.16. The summed E-state index contributed by atoms with van der Waals surface area (Å²) in [6.45, 7) is 4.21. The van der Waals surface area contributed by atoms with Gasteiger partial charge in [-0.25, -0.2) is 4.98 Å². The first-order chi connectivity index (χ1) is 13.6. The molecule has 0 fully saturated rings. The number of carbonyl (C=O) groups excluding carboxylic acids is 2. The molecule has 0 unspecified atom stereocenters. The summed E-state index contributed by atoms with van der Waals surface area (Å²) in [4.78, 5) is 29.1. The molecule has 0 spiro atoms. The second-order valence-corrected chi connectivity index (χ2v) is 7.02. The summed E-state index contributed by atoms with van der Waals surface area (Å²) in [7, 11) is 0. The van der Waals surface area contributed by atoms with Crippen molar-refractivity contribution in [1.82, 2.24) is 10.3 Å². The van der Waals surface area contributed by atoms with Gasteiger partial charge >= 0.3 is 0 Å². The van der Waals surface area contributed by atoms with Crippen LogP contribution in [0.3, 0.4) is 0 Å². The predicted octanol–water partition coefficient (Wildman–Crippen LogP) is 3.89. The standard InChI is InChI=1S/C21H21N3O3S/c1-3-22-18(25)13-27-17-11-9-16(10-12-17)24-20(26)19-14(2)23-21(28-19)15-7-5-4-6-8-15/h4-12H,3,13H2,1-2H3,(H,22,25)(H,24,26). The maximum atomic E-state index is 12.6. The van der Waals surface area contributed by atoms with Gasteiger partial charge in [-0.2, -0.15) is 0 Å². The van der Waals surface area contributed by atoms with Crippen LogP contribution in [0.2, 0.25) is 0 Å². The van der Waals surface area contributed by atoms with Crippen molar-refractivity contribution in [2.75, 3.05) is 18.5 Å². The number of amides is 2. The van der Waals surface area contributed by atoms with Crippen LogP contribution in [0.4, 0.5) is 5.69 Å². The Morgan fingerprint density at radius 1 is 1.07 bits per heavy atom. The Morgan fingerprint density at radius 2 is 1.79 bits per heavy atom. The van der Waals surface area contributed by atoms with Gasteiger partial charge in [0.1, 0.15) is 15.6 Å². The molecular weight excluding hydrogens is 374 g/mol. The summed E-state index contributed by atoms with van der Waals surface area (Å²) in [6, 6.07) is 16.7. The molecule has 2 N–H and O–H groups in total. The third-order valence-corrected chi connectivity index (χ3v) is 5.08. The number of anilines is 1. The largest absolute Gasteiger partial charge is 0.484 e. The Bertz CT molecular complexity index is 953. The van der Waals surface area contributed by atoms with E-state index in [1.807, 2.05) is 44.2 Å². The van der Waals surface area contributed by atoms with Crippen LogP contribution in [0.15, 0.2) is 54.6 Å². The van der Waals surface area contributed by atoms with E-state index in [0.29, 0.717) is 28.6 Å². The SMILES string of the molecule is CCNC(=O)COc1ccc(NC(=O)c2sc(-c3ccccc3)nc2C)cc1. The number of benzene rings is 2. The van der Waals surface area contributed by atoms with Crippen molar-refractivity contribution in [1.29, 1.82) is 0 Å². The molecule has 2 aromatic carbocycles. The number of aryl methyl sites for hydroxylation is 1. The lowest BCUT2D eigenvalue weighted by atomic mass is 10.2. The number of nitrogens with zero attached hydrogens (tertiary/aromatic N) is 1. The van der Waals surface area contributed by atoms with E-state index < -0.39 is 0 Å².